The first kappa shape index (κ1) is 27.3. The molecule has 5 rings (SSSR count). The van der Waals surface area contributed by atoms with Gasteiger partial charge in [0.05, 0.1) is 19.8 Å². The number of aliphatic hydroxyl groups excluding tert-OH is 1. The average Bonchev–Trinajstić information content (AvgIpc) is 3.59. The molecule has 3 amide bonds. The molecular weight excluding hydrogens is 518 g/mol. The maximum atomic E-state index is 13.3. The second-order valence-corrected chi connectivity index (χ2v) is 9.75. The molecule has 12 heteroatoms. The average molecular weight is 550 g/mol. The van der Waals surface area contributed by atoms with Crippen molar-refractivity contribution in [3.05, 3.63) is 59.2 Å². The Kier molecular flexibility index (Phi) is 7.81. The molecule has 0 aromatic heterocycles. The lowest BCUT2D eigenvalue weighted by Gasteiger charge is -2.34. The van der Waals surface area contributed by atoms with E-state index in [0.717, 1.165) is 11.1 Å². The van der Waals surface area contributed by atoms with Crippen LogP contribution >= 0.6 is 0 Å². The molecule has 2 aromatic carbocycles. The van der Waals surface area contributed by atoms with Crippen LogP contribution in [0, 0.1) is 0 Å². The third kappa shape index (κ3) is 5.27. The number of nitrogens with one attached hydrogen (secondary N) is 1. The van der Waals surface area contributed by atoms with Crippen LogP contribution in [-0.2, 0) is 30.4 Å². The number of nitrogens with two attached hydrogens (primary N) is 1. The first-order chi connectivity index (χ1) is 19.3. The summed E-state index contributed by atoms with van der Waals surface area (Å²) >= 11 is 0. The Morgan fingerprint density at radius 3 is 2.85 bits per heavy atom. The van der Waals surface area contributed by atoms with Crippen molar-refractivity contribution in [1.82, 2.24) is 4.90 Å². The van der Waals surface area contributed by atoms with Gasteiger partial charge in [-0.3, -0.25) is 19.4 Å². The van der Waals surface area contributed by atoms with Gasteiger partial charge in [-0.05, 0) is 61.7 Å². The maximum absolute atomic E-state index is 13.3. The highest BCUT2D eigenvalue weighted by molar-refractivity contribution is 6.05. The number of rotatable bonds is 7. The summed E-state index contributed by atoms with van der Waals surface area (Å²) in [7, 11) is 0. The largest absolute Gasteiger partial charge is 0.464 e. The van der Waals surface area contributed by atoms with Crippen LogP contribution in [0.2, 0.25) is 0 Å². The van der Waals surface area contributed by atoms with Crippen molar-refractivity contribution in [1.29, 1.82) is 0 Å². The molecule has 3 atom stereocenters. The highest BCUT2D eigenvalue weighted by Gasteiger charge is 2.40. The molecule has 0 spiro atoms. The Labute approximate surface area is 230 Å². The van der Waals surface area contributed by atoms with E-state index in [1.54, 1.807) is 49.4 Å². The normalized spacial score (nSPS) is 21.1. The van der Waals surface area contributed by atoms with Gasteiger partial charge < -0.3 is 35.4 Å². The summed E-state index contributed by atoms with van der Waals surface area (Å²) in [6.45, 7) is 3.02. The van der Waals surface area contributed by atoms with Crippen LogP contribution in [0.3, 0.4) is 0 Å². The van der Waals surface area contributed by atoms with Crippen LogP contribution in [0.1, 0.15) is 41.3 Å². The van der Waals surface area contributed by atoms with Gasteiger partial charge in [0, 0.05) is 35.6 Å². The van der Waals surface area contributed by atoms with Crippen molar-refractivity contribution in [3.63, 3.8) is 0 Å². The number of ether oxygens (including phenoxy) is 2. The van der Waals surface area contributed by atoms with E-state index >= 15 is 0 Å². The number of carbonyl (C=O) groups excluding carboxylic acids is 4. The minimum Gasteiger partial charge on any atom is -0.464 e. The van der Waals surface area contributed by atoms with E-state index < -0.39 is 36.0 Å². The molecule has 2 saturated heterocycles. The van der Waals surface area contributed by atoms with Gasteiger partial charge in [0.25, 0.3) is 17.7 Å². The van der Waals surface area contributed by atoms with Crippen molar-refractivity contribution in [3.8, 4) is 0 Å². The van der Waals surface area contributed by atoms with E-state index in [-0.39, 0.29) is 25.7 Å². The molecule has 40 heavy (non-hydrogen) atoms. The third-order valence-electron chi connectivity index (χ3n) is 7.22. The van der Waals surface area contributed by atoms with E-state index in [0.29, 0.717) is 48.7 Å². The van der Waals surface area contributed by atoms with E-state index in [9.17, 15) is 24.3 Å². The molecule has 3 heterocycles. The number of amides is 3. The van der Waals surface area contributed by atoms with Crippen molar-refractivity contribution >= 4 is 40.9 Å². The van der Waals surface area contributed by atoms with Crippen molar-refractivity contribution in [2.45, 2.75) is 44.6 Å². The Hall–Kier alpha value is -4.29. The summed E-state index contributed by atoms with van der Waals surface area (Å²) in [5, 5.41) is 13.4. The Bertz CT molecular complexity index is 1380. The van der Waals surface area contributed by atoms with Gasteiger partial charge in [-0.2, -0.15) is 0 Å². The van der Waals surface area contributed by atoms with Crippen LogP contribution in [-0.4, -0.2) is 84.1 Å². The Morgan fingerprint density at radius 1 is 1.23 bits per heavy atom. The van der Waals surface area contributed by atoms with Gasteiger partial charge in [-0.25, -0.2) is 4.79 Å². The van der Waals surface area contributed by atoms with Gasteiger partial charge in [0.15, 0.2) is 12.2 Å². The predicted molar refractivity (Wildman–Crippen MR) is 145 cm³/mol. The topological polar surface area (TPSA) is 164 Å². The summed E-state index contributed by atoms with van der Waals surface area (Å²) in [6.07, 6.45) is -2.00. The number of hydrogen-bond donors (Lipinski definition) is 3. The molecule has 3 aliphatic rings. The molecular formula is C28H31N5O7. The maximum Gasteiger partial charge on any atom is 0.328 e. The number of aliphatic imine (C=N–C) groups is 1. The van der Waals surface area contributed by atoms with E-state index in [1.807, 2.05) is 0 Å². The molecule has 3 aliphatic heterocycles. The third-order valence-corrected chi connectivity index (χ3v) is 7.22. The molecule has 0 unspecified atom stereocenters. The van der Waals surface area contributed by atoms with Gasteiger partial charge >= 0.3 is 5.97 Å². The molecule has 0 bridgehead atoms. The lowest BCUT2D eigenvalue weighted by molar-refractivity contribution is -0.150. The standard InChI is InChI=1S/C28H31N5O7/c1-2-39-28(38)21-7-4-10-33(21)26(36)16-5-3-6-19(14-16)32-11-12-40-23(27(32)37)22(34)25(35)31-18-8-9-20-17(13-18)15-30-24(20)29/h3,5-6,8-9,13-14,21-23,34H,2,4,7,10-12,15H2,1H3,(H2,29,30)(H,31,35)/t21-,22+,23+/m0/s1. The smallest absolute Gasteiger partial charge is 0.328 e. The highest BCUT2D eigenvalue weighted by atomic mass is 16.5. The molecule has 210 valence electrons. The number of aliphatic hydroxyl groups is 1. The minimum absolute atomic E-state index is 0.0748. The fourth-order valence-electron chi connectivity index (χ4n) is 5.22. The first-order valence-electron chi connectivity index (χ1n) is 13.2. The number of anilines is 2. The molecule has 0 radical (unpaired) electrons. The van der Waals surface area contributed by atoms with Crippen LogP contribution < -0.4 is 16.0 Å². The number of esters is 1. The van der Waals surface area contributed by atoms with Gasteiger partial charge in [-0.1, -0.05) is 6.07 Å². The zero-order valence-corrected chi connectivity index (χ0v) is 22.0. The molecule has 2 fully saturated rings. The quantitative estimate of drug-likeness (QED) is 0.427. The molecule has 12 nitrogen and oxygen atoms in total. The number of hydrogen-bond acceptors (Lipinski definition) is 9. The number of morpholine rings is 1. The summed E-state index contributed by atoms with van der Waals surface area (Å²) < 4.78 is 10.6. The highest BCUT2D eigenvalue weighted by Crippen LogP contribution is 2.26. The van der Waals surface area contributed by atoms with Crippen LogP contribution in [0.25, 0.3) is 0 Å². The fourth-order valence-corrected chi connectivity index (χ4v) is 5.22. The Morgan fingerprint density at radius 2 is 2.05 bits per heavy atom. The summed E-state index contributed by atoms with van der Waals surface area (Å²) in [5.41, 5.74) is 8.63. The summed E-state index contributed by atoms with van der Waals surface area (Å²) in [6, 6.07) is 10.9. The number of fused-ring (bicyclic) bond motifs is 1. The first-order valence-corrected chi connectivity index (χ1v) is 13.2. The number of carbonyl (C=O) groups is 4. The summed E-state index contributed by atoms with van der Waals surface area (Å²) in [4.78, 5) is 58.8. The number of likely N-dealkylation sites (tertiary alicyclic amines) is 1. The lowest BCUT2D eigenvalue weighted by atomic mass is 10.1. The SMILES string of the molecule is CCOC(=O)[C@@H]1CCCN1C(=O)c1cccc(N2CCO[C@H]([C@@H](O)C(=O)Nc3ccc4c(c3)CN=C4N)C2=O)c1. The van der Waals surface area contributed by atoms with Gasteiger partial charge in [0.1, 0.15) is 11.9 Å². The fraction of sp³-hybridized carbons (Fsp3) is 0.393. The number of amidine groups is 1. The molecule has 0 saturated carbocycles. The van der Waals surface area contributed by atoms with Crippen molar-refractivity contribution in [2.75, 3.05) is 36.5 Å². The summed E-state index contributed by atoms with van der Waals surface area (Å²) in [5.74, 6) is -1.75. The van der Waals surface area contributed by atoms with Crippen LogP contribution in [0.5, 0.6) is 0 Å². The van der Waals surface area contributed by atoms with E-state index in [4.69, 9.17) is 15.2 Å². The van der Waals surface area contributed by atoms with Crippen molar-refractivity contribution < 1.29 is 33.8 Å². The zero-order chi connectivity index (χ0) is 28.4. The van der Waals surface area contributed by atoms with E-state index in [1.165, 1.54) is 9.80 Å². The number of benzene rings is 2. The molecule has 2 aromatic rings. The van der Waals surface area contributed by atoms with Crippen molar-refractivity contribution in [2.24, 2.45) is 10.7 Å². The zero-order valence-electron chi connectivity index (χ0n) is 22.0. The predicted octanol–water partition coefficient (Wildman–Crippen LogP) is 0.805. The minimum atomic E-state index is -1.77. The molecule has 4 N–H and O–H groups in total. The molecule has 0 aliphatic carbocycles. The lowest BCUT2D eigenvalue weighted by Crippen LogP contribution is -2.55. The van der Waals surface area contributed by atoms with E-state index in [2.05, 4.69) is 10.3 Å². The Balaban J connectivity index is 1.27. The van der Waals surface area contributed by atoms with Crippen LogP contribution in [0.4, 0.5) is 11.4 Å². The van der Waals surface area contributed by atoms with Crippen LogP contribution in [0.15, 0.2) is 47.5 Å². The van der Waals surface area contributed by atoms with Gasteiger partial charge in [-0.15, -0.1) is 0 Å². The monoisotopic (exact) mass is 549 g/mol. The van der Waals surface area contributed by atoms with Gasteiger partial charge in [0.2, 0.25) is 0 Å². The number of nitrogens with zero attached hydrogens (tertiary/aromatic N) is 3. The second-order valence-electron chi connectivity index (χ2n) is 9.75. The second kappa shape index (κ2) is 11.4.